The second-order valence-corrected chi connectivity index (χ2v) is 11.4. The topological polar surface area (TPSA) is 90.7 Å². The summed E-state index contributed by atoms with van der Waals surface area (Å²) in [6.07, 6.45) is 1.53. The zero-order valence-electron chi connectivity index (χ0n) is 23.2. The number of hydrogen-bond acceptors (Lipinski definition) is 4. The standard InChI is InChI=1S/C28H22ClFN2O3.C4H10O/c1-15-21(12-25(33)34)26(20-8-9-24(29)19-7-4-10-31-27(19)20)16(2)23-14-32(13-22(15)23)28(35)17-5-3-6-18(30)11-17;1-4(2,3)5/h3-11H,12-14H2,1-2H3,(H,33,34);5H,1-3H3. The van der Waals surface area contributed by atoms with Crippen molar-refractivity contribution in [3.05, 3.63) is 98.9 Å². The number of carboxylic acid groups (broad SMARTS) is 1. The summed E-state index contributed by atoms with van der Waals surface area (Å²) in [5.74, 6) is -1.67. The van der Waals surface area contributed by atoms with E-state index in [1.165, 1.54) is 18.2 Å². The zero-order valence-corrected chi connectivity index (χ0v) is 23.9. The number of carbonyl (C=O) groups excluding carboxylic acids is 1. The van der Waals surface area contributed by atoms with Crippen LogP contribution < -0.4 is 0 Å². The predicted octanol–water partition coefficient (Wildman–Crippen LogP) is 6.87. The van der Waals surface area contributed by atoms with E-state index in [1.54, 1.807) is 44.0 Å². The molecule has 8 heteroatoms. The van der Waals surface area contributed by atoms with Gasteiger partial charge in [0.1, 0.15) is 5.82 Å². The Balaban J connectivity index is 0.000000681. The molecule has 3 aromatic carbocycles. The van der Waals surface area contributed by atoms with E-state index >= 15 is 0 Å². The van der Waals surface area contributed by atoms with Gasteiger partial charge >= 0.3 is 5.97 Å². The average molecular weight is 563 g/mol. The van der Waals surface area contributed by atoms with Gasteiger partial charge in [-0.3, -0.25) is 14.6 Å². The largest absolute Gasteiger partial charge is 0.481 e. The molecule has 40 heavy (non-hydrogen) atoms. The van der Waals surface area contributed by atoms with Gasteiger partial charge in [-0.2, -0.15) is 0 Å². The number of carboxylic acids is 1. The third-order valence-electron chi connectivity index (χ3n) is 6.77. The fraction of sp³-hybridized carbons (Fsp3) is 0.281. The molecule has 4 aromatic rings. The molecule has 2 heterocycles. The highest BCUT2D eigenvalue weighted by molar-refractivity contribution is 6.35. The van der Waals surface area contributed by atoms with Gasteiger partial charge in [0, 0.05) is 35.8 Å². The molecule has 5 rings (SSSR count). The van der Waals surface area contributed by atoms with Crippen LogP contribution in [0, 0.1) is 19.7 Å². The second-order valence-electron chi connectivity index (χ2n) is 11.0. The second kappa shape index (κ2) is 11.4. The molecule has 0 bridgehead atoms. The molecule has 2 N–H and O–H groups in total. The summed E-state index contributed by atoms with van der Waals surface area (Å²) < 4.78 is 13.7. The van der Waals surface area contributed by atoms with Gasteiger partial charge in [-0.05, 0) is 104 Å². The van der Waals surface area contributed by atoms with Crippen LogP contribution in [0.2, 0.25) is 5.02 Å². The van der Waals surface area contributed by atoms with E-state index in [-0.39, 0.29) is 17.9 Å². The Labute approximate surface area is 238 Å². The number of fused-ring (bicyclic) bond motifs is 2. The summed E-state index contributed by atoms with van der Waals surface area (Å²) in [5, 5.41) is 19.6. The van der Waals surface area contributed by atoms with Gasteiger partial charge in [-0.25, -0.2) is 4.39 Å². The Hall–Kier alpha value is -3.81. The fourth-order valence-electron chi connectivity index (χ4n) is 5.09. The van der Waals surface area contributed by atoms with Crippen molar-refractivity contribution in [2.75, 3.05) is 0 Å². The lowest BCUT2D eigenvalue weighted by molar-refractivity contribution is -0.136. The Morgan fingerprint density at radius 3 is 2.30 bits per heavy atom. The van der Waals surface area contributed by atoms with Crippen LogP contribution in [-0.4, -0.2) is 37.6 Å². The monoisotopic (exact) mass is 562 g/mol. The van der Waals surface area contributed by atoms with Crippen molar-refractivity contribution in [3.63, 3.8) is 0 Å². The maximum atomic E-state index is 13.7. The molecular formula is C32H32ClFN2O4. The summed E-state index contributed by atoms with van der Waals surface area (Å²) in [6.45, 7) is 9.79. The molecule has 1 aromatic heterocycles. The van der Waals surface area contributed by atoms with E-state index in [4.69, 9.17) is 16.7 Å². The molecule has 0 saturated carbocycles. The molecule has 208 valence electrons. The van der Waals surface area contributed by atoms with E-state index < -0.39 is 17.4 Å². The molecule has 6 nitrogen and oxygen atoms in total. The van der Waals surface area contributed by atoms with Gasteiger partial charge in [-0.15, -0.1) is 0 Å². The van der Waals surface area contributed by atoms with Crippen molar-refractivity contribution in [1.82, 2.24) is 9.88 Å². The highest BCUT2D eigenvalue weighted by Crippen LogP contribution is 2.42. The summed E-state index contributed by atoms with van der Waals surface area (Å²) in [7, 11) is 0. The Morgan fingerprint density at radius 2 is 1.68 bits per heavy atom. The van der Waals surface area contributed by atoms with E-state index in [1.807, 2.05) is 32.0 Å². The van der Waals surface area contributed by atoms with E-state index in [0.29, 0.717) is 29.2 Å². The third kappa shape index (κ3) is 6.16. The van der Waals surface area contributed by atoms with Gasteiger partial charge in [0.25, 0.3) is 5.91 Å². The molecule has 0 fully saturated rings. The molecule has 0 aliphatic carbocycles. The summed E-state index contributed by atoms with van der Waals surface area (Å²) >= 11 is 6.42. The lowest BCUT2D eigenvalue weighted by atomic mass is 9.84. The number of aromatic nitrogens is 1. The van der Waals surface area contributed by atoms with Gasteiger partial charge in [0.2, 0.25) is 0 Å². The lowest BCUT2D eigenvalue weighted by Crippen LogP contribution is -2.25. The molecule has 1 aliphatic heterocycles. The zero-order chi connectivity index (χ0) is 29.4. The number of nitrogens with zero attached hydrogens (tertiary/aromatic N) is 2. The summed E-state index contributed by atoms with van der Waals surface area (Å²) in [5.41, 5.74) is 6.47. The van der Waals surface area contributed by atoms with Crippen LogP contribution in [0.4, 0.5) is 4.39 Å². The summed E-state index contributed by atoms with van der Waals surface area (Å²) in [4.78, 5) is 31.3. The molecule has 0 unspecified atom stereocenters. The van der Waals surface area contributed by atoms with Crippen LogP contribution in [0.15, 0.2) is 54.7 Å². The Bertz CT molecular complexity index is 1620. The maximum Gasteiger partial charge on any atom is 0.307 e. The van der Waals surface area contributed by atoms with E-state index in [0.717, 1.165) is 38.8 Å². The molecule has 0 atom stereocenters. The van der Waals surface area contributed by atoms with Crippen LogP contribution in [0.1, 0.15) is 58.9 Å². The van der Waals surface area contributed by atoms with Crippen LogP contribution in [-0.2, 0) is 24.3 Å². The van der Waals surface area contributed by atoms with Crippen molar-refractivity contribution in [3.8, 4) is 11.1 Å². The van der Waals surface area contributed by atoms with Gasteiger partial charge in [0.05, 0.1) is 22.6 Å². The summed E-state index contributed by atoms with van der Waals surface area (Å²) in [6, 6.07) is 13.0. The van der Waals surface area contributed by atoms with Crippen molar-refractivity contribution in [2.24, 2.45) is 0 Å². The number of carbonyl (C=O) groups is 2. The number of benzene rings is 3. The van der Waals surface area contributed by atoms with Crippen molar-refractivity contribution in [2.45, 2.75) is 59.7 Å². The number of halogens is 2. The van der Waals surface area contributed by atoms with E-state index in [2.05, 4.69) is 4.98 Å². The fourth-order valence-corrected chi connectivity index (χ4v) is 5.30. The highest BCUT2D eigenvalue weighted by atomic mass is 35.5. The molecule has 0 radical (unpaired) electrons. The predicted molar refractivity (Wildman–Crippen MR) is 155 cm³/mol. The third-order valence-corrected chi connectivity index (χ3v) is 7.10. The van der Waals surface area contributed by atoms with Crippen molar-refractivity contribution >= 4 is 34.4 Å². The lowest BCUT2D eigenvalue weighted by Gasteiger charge is -2.20. The van der Waals surface area contributed by atoms with Gasteiger partial charge < -0.3 is 15.1 Å². The van der Waals surface area contributed by atoms with Gasteiger partial charge in [-0.1, -0.05) is 23.7 Å². The minimum Gasteiger partial charge on any atom is -0.481 e. The molecule has 0 spiro atoms. The Kier molecular flexibility index (Phi) is 8.28. The van der Waals surface area contributed by atoms with E-state index in [9.17, 15) is 19.1 Å². The Morgan fingerprint density at radius 1 is 1.02 bits per heavy atom. The molecule has 1 amide bonds. The first-order valence-electron chi connectivity index (χ1n) is 12.9. The first-order chi connectivity index (χ1) is 18.8. The number of pyridine rings is 1. The smallest absolute Gasteiger partial charge is 0.307 e. The van der Waals surface area contributed by atoms with Crippen LogP contribution in [0.3, 0.4) is 0 Å². The van der Waals surface area contributed by atoms with Crippen LogP contribution in [0.5, 0.6) is 0 Å². The number of aliphatic carboxylic acids is 1. The van der Waals surface area contributed by atoms with Gasteiger partial charge in [0.15, 0.2) is 0 Å². The minimum absolute atomic E-state index is 0.163. The molecule has 0 saturated heterocycles. The number of hydrogen-bond donors (Lipinski definition) is 2. The quantitative estimate of drug-likeness (QED) is 0.283. The number of rotatable bonds is 4. The first kappa shape index (κ1) is 29.2. The highest BCUT2D eigenvalue weighted by Gasteiger charge is 2.31. The van der Waals surface area contributed by atoms with Crippen LogP contribution >= 0.6 is 11.6 Å². The first-order valence-corrected chi connectivity index (χ1v) is 13.3. The number of amides is 1. The SMILES string of the molecule is CC(C)(C)O.Cc1c2c(c(C)c(-c3ccc(Cl)c4cccnc34)c1CC(=O)O)CN(C(=O)c1cccc(F)c1)C2. The maximum absolute atomic E-state index is 13.7. The van der Waals surface area contributed by atoms with Crippen molar-refractivity contribution < 1.29 is 24.2 Å². The van der Waals surface area contributed by atoms with Crippen LogP contribution in [0.25, 0.3) is 22.0 Å². The minimum atomic E-state index is -0.939. The average Bonchev–Trinajstić information content (AvgIpc) is 3.33. The van der Waals surface area contributed by atoms with Crippen molar-refractivity contribution in [1.29, 1.82) is 0 Å². The number of aliphatic hydroxyl groups is 1. The normalized spacial score (nSPS) is 12.7. The molecule has 1 aliphatic rings. The molecular weight excluding hydrogens is 531 g/mol.